The molecule has 0 spiro atoms. The van der Waals surface area contributed by atoms with Gasteiger partial charge in [-0.2, -0.15) is 0 Å². The lowest BCUT2D eigenvalue weighted by atomic mass is 9.97. The molecule has 2 saturated heterocycles. The van der Waals surface area contributed by atoms with Gasteiger partial charge in [0.2, 0.25) is 11.8 Å². The lowest BCUT2D eigenvalue weighted by molar-refractivity contribution is -0.138. The van der Waals surface area contributed by atoms with Gasteiger partial charge in [0.25, 0.3) is 0 Å². The van der Waals surface area contributed by atoms with Crippen LogP contribution in [0.4, 0.5) is 9.59 Å². The van der Waals surface area contributed by atoms with Crippen molar-refractivity contribution in [3.05, 3.63) is 72.1 Å². The first-order valence-electron chi connectivity index (χ1n) is 21.2. The Morgan fingerprint density at radius 3 is 2.06 bits per heavy atom. The van der Waals surface area contributed by atoms with Gasteiger partial charge in [-0.1, -0.05) is 76.2 Å². The Morgan fingerprint density at radius 1 is 0.839 bits per heavy atom. The van der Waals surface area contributed by atoms with Crippen LogP contribution in [0.2, 0.25) is 0 Å². The van der Waals surface area contributed by atoms with E-state index < -0.39 is 29.8 Å². The predicted molar refractivity (Wildman–Crippen MR) is 235 cm³/mol. The fraction of sp³-hybridized carbons (Fsp3) is 0.511. The number of likely N-dealkylation sites (tertiary alicyclic amines) is 1. The minimum Gasteiger partial charge on any atom is -0.453 e. The fourth-order valence-corrected chi connectivity index (χ4v) is 9.67. The highest BCUT2D eigenvalue weighted by Gasteiger charge is 2.47. The number of nitrogens with one attached hydrogen (secondary N) is 4. The third kappa shape index (κ3) is 9.49. The molecular formula is C45H58N8O8S. The fourth-order valence-electron chi connectivity index (χ4n) is 8.29. The Labute approximate surface area is 366 Å². The summed E-state index contributed by atoms with van der Waals surface area (Å²) in [5.74, 6) is 1.76. The summed E-state index contributed by atoms with van der Waals surface area (Å²) in [6.45, 7) is 11.5. The van der Waals surface area contributed by atoms with Gasteiger partial charge in [0.1, 0.15) is 29.3 Å². The lowest BCUT2D eigenvalue weighted by Gasteiger charge is -2.36. The van der Waals surface area contributed by atoms with Crippen LogP contribution in [-0.2, 0) is 40.7 Å². The van der Waals surface area contributed by atoms with Crippen LogP contribution in [0, 0.1) is 11.8 Å². The molecule has 0 radical (unpaired) electrons. The Bertz CT molecular complexity index is 2210. The highest BCUT2D eigenvalue weighted by atomic mass is 32.2. The molecule has 5 heterocycles. The van der Waals surface area contributed by atoms with Gasteiger partial charge in [-0.25, -0.2) is 19.6 Å². The number of alkyl carbamates (subject to hydrolysis) is 2. The average molecular weight is 871 g/mol. The predicted octanol–water partition coefficient (Wildman–Crippen LogP) is 6.61. The lowest BCUT2D eigenvalue weighted by Crippen LogP contribution is -2.55. The van der Waals surface area contributed by atoms with Gasteiger partial charge < -0.3 is 49.3 Å². The number of benzene rings is 2. The molecular weight excluding hydrogens is 813 g/mol. The second-order valence-electron chi connectivity index (χ2n) is 17.0. The van der Waals surface area contributed by atoms with E-state index in [1.807, 2.05) is 58.9 Å². The summed E-state index contributed by atoms with van der Waals surface area (Å²) in [7, 11) is 2.57. The number of methoxy groups -OCH3 is 2. The van der Waals surface area contributed by atoms with Crippen LogP contribution in [0.5, 0.6) is 0 Å². The molecule has 62 heavy (non-hydrogen) atoms. The number of H-pyrrole nitrogens is 2. The first-order chi connectivity index (χ1) is 29.8. The third-order valence-electron chi connectivity index (χ3n) is 12.0. The zero-order chi connectivity index (χ0) is 44.1. The number of thioether (sulfide) groups is 1. The molecule has 3 aliphatic heterocycles. The van der Waals surface area contributed by atoms with Crippen LogP contribution in [0.3, 0.4) is 0 Å². The van der Waals surface area contributed by atoms with E-state index in [0.717, 1.165) is 52.2 Å². The number of carbonyl (C=O) groups excluding carboxylic acids is 4. The minimum absolute atomic E-state index is 0.139. The molecule has 17 heteroatoms. The monoisotopic (exact) mass is 870 g/mol. The molecule has 7 rings (SSSR count). The SMILES string of the molecule is COC(=O)N[C@H](C(=O)N1C[C@@H]2C[C@H]1c1nc(-c3ccc(-c4ccc(-c5cnc([C@]6(C)CSCN6C(=O)[C@H](NC(=O)OC)C(C)C)[nH]5)cc4)cc3)c([nH]1)COCCCCO2)C(C)C. The summed E-state index contributed by atoms with van der Waals surface area (Å²) in [4.78, 5) is 72.6. The molecule has 4 bridgehead atoms. The number of hydrogen-bond donors (Lipinski definition) is 4. The van der Waals surface area contributed by atoms with Gasteiger partial charge in [-0.05, 0) is 48.3 Å². The second-order valence-corrected chi connectivity index (χ2v) is 17.9. The van der Waals surface area contributed by atoms with E-state index in [0.29, 0.717) is 56.1 Å². The molecule has 2 fully saturated rings. The van der Waals surface area contributed by atoms with E-state index in [4.69, 9.17) is 28.9 Å². The van der Waals surface area contributed by atoms with Crippen molar-refractivity contribution in [2.24, 2.45) is 11.8 Å². The van der Waals surface area contributed by atoms with E-state index in [1.165, 1.54) is 14.2 Å². The highest BCUT2D eigenvalue weighted by Crippen LogP contribution is 2.40. The van der Waals surface area contributed by atoms with E-state index in [1.54, 1.807) is 27.8 Å². The summed E-state index contributed by atoms with van der Waals surface area (Å²) < 4.78 is 22.0. The molecule has 16 nitrogen and oxygen atoms in total. The summed E-state index contributed by atoms with van der Waals surface area (Å²) in [6.07, 6.45) is 2.59. The van der Waals surface area contributed by atoms with Gasteiger partial charge in [0.05, 0.1) is 62.1 Å². The standard InChI is InChI=1S/C45H58N8O8S/c1-26(2)36(50-43(56)58-6)40(54)52-22-32-20-35(52)39-47-34(23-60-18-8-9-19-61-32)38(49-39)31-16-12-29(13-17-31)28-10-14-30(15-11-28)33-21-46-42(48-33)45(5)24-62-25-53(45)41(55)37(27(3)4)51-44(57)59-7/h10-17,21,26-27,32,35-37H,8-9,18-20,22-25H2,1-7H3,(H,46,48)(H,47,49)(H,50,56)(H,51,57)/t32-,35-,36-,37+,45-/m0/s1. The molecule has 332 valence electrons. The molecule has 4 aromatic rings. The molecule has 2 aromatic carbocycles. The molecule has 4 N–H and O–H groups in total. The highest BCUT2D eigenvalue weighted by molar-refractivity contribution is 7.99. The third-order valence-corrected chi connectivity index (χ3v) is 13.2. The number of amides is 4. The van der Waals surface area contributed by atoms with Crippen molar-refractivity contribution < 1.29 is 38.1 Å². The van der Waals surface area contributed by atoms with Crippen molar-refractivity contribution in [2.45, 2.75) is 90.3 Å². The topological polar surface area (TPSA) is 193 Å². The van der Waals surface area contributed by atoms with Crippen LogP contribution >= 0.6 is 11.8 Å². The van der Waals surface area contributed by atoms with Crippen LogP contribution in [-0.4, -0.2) is 118 Å². The van der Waals surface area contributed by atoms with Crippen LogP contribution in [0.1, 0.15) is 77.3 Å². The maximum Gasteiger partial charge on any atom is 0.407 e. The van der Waals surface area contributed by atoms with Crippen LogP contribution < -0.4 is 10.6 Å². The summed E-state index contributed by atoms with van der Waals surface area (Å²) in [6, 6.07) is 14.6. The van der Waals surface area contributed by atoms with Gasteiger partial charge in [0.15, 0.2) is 0 Å². The minimum atomic E-state index is -0.775. The second kappa shape index (κ2) is 19.3. The number of aromatic amines is 2. The Kier molecular flexibility index (Phi) is 13.9. The number of hydrogen-bond acceptors (Lipinski definition) is 11. The summed E-state index contributed by atoms with van der Waals surface area (Å²) >= 11 is 1.65. The van der Waals surface area contributed by atoms with Crippen molar-refractivity contribution in [1.29, 1.82) is 0 Å². The number of carbonyl (C=O) groups is 4. The first-order valence-corrected chi connectivity index (χ1v) is 22.4. The van der Waals surface area contributed by atoms with Gasteiger partial charge >= 0.3 is 12.2 Å². The largest absolute Gasteiger partial charge is 0.453 e. The van der Waals surface area contributed by atoms with Crippen molar-refractivity contribution in [3.63, 3.8) is 0 Å². The molecule has 0 unspecified atom stereocenters. The summed E-state index contributed by atoms with van der Waals surface area (Å²) in [5, 5.41) is 5.44. The summed E-state index contributed by atoms with van der Waals surface area (Å²) in [5.41, 5.74) is 5.62. The molecule has 2 aromatic heterocycles. The molecule has 4 amide bonds. The maximum absolute atomic E-state index is 14.1. The number of rotatable bonds is 10. The number of nitrogens with zero attached hydrogens (tertiary/aromatic N) is 4. The Balaban J connectivity index is 1.09. The average Bonchev–Trinajstić information content (AvgIpc) is 4.10. The number of aromatic nitrogens is 4. The van der Waals surface area contributed by atoms with E-state index in [9.17, 15) is 19.2 Å². The zero-order valence-corrected chi connectivity index (χ0v) is 37.3. The van der Waals surface area contributed by atoms with Gasteiger partial charge in [0, 0.05) is 37.5 Å². The van der Waals surface area contributed by atoms with Crippen molar-refractivity contribution in [3.8, 4) is 33.6 Å². The zero-order valence-electron chi connectivity index (χ0n) is 36.5. The van der Waals surface area contributed by atoms with Gasteiger partial charge in [-0.15, -0.1) is 11.8 Å². The van der Waals surface area contributed by atoms with Crippen LogP contribution in [0.25, 0.3) is 33.6 Å². The maximum atomic E-state index is 14.1. The number of ether oxygens (including phenoxy) is 4. The van der Waals surface area contributed by atoms with Crippen LogP contribution in [0.15, 0.2) is 54.7 Å². The van der Waals surface area contributed by atoms with Crippen molar-refractivity contribution in [1.82, 2.24) is 40.4 Å². The number of imidazole rings is 2. The van der Waals surface area contributed by atoms with E-state index in [2.05, 4.69) is 44.9 Å². The normalized spacial score (nSPS) is 21.4. The van der Waals surface area contributed by atoms with E-state index >= 15 is 0 Å². The molecule has 3 aliphatic rings. The smallest absolute Gasteiger partial charge is 0.407 e. The molecule has 0 saturated carbocycles. The van der Waals surface area contributed by atoms with Crippen molar-refractivity contribution >= 4 is 35.8 Å². The quantitative estimate of drug-likeness (QED) is 0.134. The first kappa shape index (κ1) is 44.7. The van der Waals surface area contributed by atoms with Gasteiger partial charge in [-0.3, -0.25) is 9.59 Å². The van der Waals surface area contributed by atoms with E-state index in [-0.39, 0.29) is 35.8 Å². The molecule has 5 atom stereocenters. The molecule has 0 aliphatic carbocycles. The Morgan fingerprint density at radius 2 is 1.44 bits per heavy atom. The van der Waals surface area contributed by atoms with Crippen molar-refractivity contribution in [2.75, 3.05) is 45.6 Å². The Hall–Kier alpha value is -5.39. The number of fused-ring (bicyclic) bond motifs is 5.